The number of morpholine rings is 1. The first-order valence-corrected chi connectivity index (χ1v) is 12.3. The van der Waals surface area contributed by atoms with E-state index >= 15 is 0 Å². The molecule has 0 unspecified atom stereocenters. The van der Waals surface area contributed by atoms with Crippen LogP contribution in [0.1, 0.15) is 11.1 Å². The molecule has 9 nitrogen and oxygen atoms in total. The van der Waals surface area contributed by atoms with Crippen LogP contribution in [0.4, 0.5) is 0 Å². The van der Waals surface area contributed by atoms with E-state index in [1.165, 1.54) is 22.7 Å². The van der Waals surface area contributed by atoms with Gasteiger partial charge in [-0.15, -0.1) is 0 Å². The van der Waals surface area contributed by atoms with Gasteiger partial charge in [-0.1, -0.05) is 11.6 Å². The normalized spacial score (nSPS) is 19.3. The van der Waals surface area contributed by atoms with Crippen molar-refractivity contribution in [2.75, 3.05) is 52.5 Å². The molecule has 2 saturated heterocycles. The van der Waals surface area contributed by atoms with Crippen molar-refractivity contribution in [2.45, 2.75) is 18.0 Å². The molecule has 1 N–H and O–H groups in total. The smallest absolute Gasteiger partial charge is 0.343 e. The molecular formula is C21H26ClN3O6S. The molecule has 11 heteroatoms. The van der Waals surface area contributed by atoms with Gasteiger partial charge in [-0.3, -0.25) is 9.80 Å². The van der Waals surface area contributed by atoms with Crippen LogP contribution in [0.2, 0.25) is 5.02 Å². The lowest BCUT2D eigenvalue weighted by molar-refractivity contribution is 0.0335. The van der Waals surface area contributed by atoms with Gasteiger partial charge in [0.2, 0.25) is 10.0 Å². The number of ether oxygens (including phenoxy) is 1. The van der Waals surface area contributed by atoms with Crippen LogP contribution in [0.25, 0.3) is 0 Å². The van der Waals surface area contributed by atoms with Gasteiger partial charge < -0.3 is 14.3 Å². The maximum Gasteiger partial charge on any atom is 0.343 e. The molecule has 3 heterocycles. The van der Waals surface area contributed by atoms with Gasteiger partial charge in [0.25, 0.3) is 0 Å². The highest BCUT2D eigenvalue weighted by Crippen LogP contribution is 2.24. The quantitative estimate of drug-likeness (QED) is 0.656. The van der Waals surface area contributed by atoms with Crippen molar-refractivity contribution in [1.82, 2.24) is 14.1 Å². The highest BCUT2D eigenvalue weighted by atomic mass is 35.5. The second kappa shape index (κ2) is 9.90. The predicted octanol–water partition coefficient (Wildman–Crippen LogP) is 1.34. The Balaban J connectivity index is 1.41. The second-order valence-corrected chi connectivity index (χ2v) is 10.3. The second-order valence-electron chi connectivity index (χ2n) is 7.90. The molecule has 4 rings (SSSR count). The standard InChI is InChI=1S/C21H26ClN3O6S/c22-17-1-3-18(4-2-17)32(28,29)25-7-5-23(6-8-25)14-19-20(26)16(15-31-21(19)27)13-24-9-11-30-12-10-24/h1-4,15,26H,5-14H2. The summed E-state index contributed by atoms with van der Waals surface area (Å²) < 4.78 is 37.6. The number of rotatable bonds is 6. The molecule has 1 aromatic heterocycles. The van der Waals surface area contributed by atoms with Crippen LogP contribution in [0.3, 0.4) is 0 Å². The lowest BCUT2D eigenvalue weighted by atomic mass is 10.1. The fourth-order valence-electron chi connectivity index (χ4n) is 3.90. The summed E-state index contributed by atoms with van der Waals surface area (Å²) in [6.45, 7) is 4.85. The summed E-state index contributed by atoms with van der Waals surface area (Å²) in [7, 11) is -3.61. The number of hydrogen-bond donors (Lipinski definition) is 1. The molecule has 174 valence electrons. The number of halogens is 1. The zero-order valence-electron chi connectivity index (χ0n) is 17.6. The molecule has 0 saturated carbocycles. The summed E-state index contributed by atoms with van der Waals surface area (Å²) in [5.74, 6) is -0.0519. The van der Waals surface area contributed by atoms with Gasteiger partial charge in [-0.2, -0.15) is 4.31 Å². The van der Waals surface area contributed by atoms with E-state index in [1.807, 2.05) is 4.90 Å². The van der Waals surface area contributed by atoms with Gasteiger partial charge in [-0.25, -0.2) is 13.2 Å². The third-order valence-electron chi connectivity index (χ3n) is 5.81. The van der Waals surface area contributed by atoms with E-state index in [9.17, 15) is 18.3 Å². The van der Waals surface area contributed by atoms with Gasteiger partial charge in [0, 0.05) is 62.9 Å². The topological polar surface area (TPSA) is 104 Å². The van der Waals surface area contributed by atoms with Gasteiger partial charge in [0.05, 0.1) is 23.7 Å². The van der Waals surface area contributed by atoms with Gasteiger partial charge in [0.1, 0.15) is 12.0 Å². The number of sulfonamides is 1. The molecule has 32 heavy (non-hydrogen) atoms. The first-order valence-electron chi connectivity index (χ1n) is 10.5. The van der Waals surface area contributed by atoms with E-state index in [2.05, 4.69) is 4.90 Å². The average molecular weight is 484 g/mol. The van der Waals surface area contributed by atoms with Crippen molar-refractivity contribution < 1.29 is 22.7 Å². The molecular weight excluding hydrogens is 458 g/mol. The zero-order chi connectivity index (χ0) is 22.7. The Labute approximate surface area is 191 Å². The fourth-order valence-corrected chi connectivity index (χ4v) is 5.45. The minimum absolute atomic E-state index is 0.0519. The highest BCUT2D eigenvalue weighted by Gasteiger charge is 2.29. The summed E-state index contributed by atoms with van der Waals surface area (Å²) in [5.41, 5.74) is 0.180. The van der Waals surface area contributed by atoms with Gasteiger partial charge in [0.15, 0.2) is 0 Å². The van der Waals surface area contributed by atoms with Crippen LogP contribution in [-0.2, 0) is 27.8 Å². The summed E-state index contributed by atoms with van der Waals surface area (Å²) in [6.07, 6.45) is 1.31. The third-order valence-corrected chi connectivity index (χ3v) is 7.97. The van der Waals surface area contributed by atoms with Crippen LogP contribution >= 0.6 is 11.6 Å². The molecule has 0 radical (unpaired) electrons. The average Bonchev–Trinajstić information content (AvgIpc) is 2.80. The first kappa shape index (κ1) is 23.2. The maximum atomic E-state index is 12.9. The SMILES string of the molecule is O=c1occ(CN2CCOCC2)c(O)c1CN1CCN(S(=O)(=O)c2ccc(Cl)cc2)CC1. The number of aromatic hydroxyl groups is 1. The summed E-state index contributed by atoms with van der Waals surface area (Å²) in [5, 5.41) is 11.2. The van der Waals surface area contributed by atoms with Crippen LogP contribution < -0.4 is 5.63 Å². The van der Waals surface area contributed by atoms with Crippen molar-refractivity contribution in [3.63, 3.8) is 0 Å². The summed E-state index contributed by atoms with van der Waals surface area (Å²) in [6, 6.07) is 6.09. The number of benzene rings is 1. The summed E-state index contributed by atoms with van der Waals surface area (Å²) >= 11 is 5.86. The van der Waals surface area contributed by atoms with Crippen LogP contribution in [0.5, 0.6) is 5.75 Å². The van der Waals surface area contributed by atoms with E-state index in [0.29, 0.717) is 43.4 Å². The molecule has 0 atom stereocenters. The largest absolute Gasteiger partial charge is 0.507 e. The molecule has 0 spiro atoms. The Bertz CT molecular complexity index is 1090. The maximum absolute atomic E-state index is 12.9. The van der Waals surface area contributed by atoms with E-state index in [0.717, 1.165) is 13.1 Å². The third kappa shape index (κ3) is 5.16. The van der Waals surface area contributed by atoms with E-state index in [1.54, 1.807) is 12.1 Å². The van der Waals surface area contributed by atoms with Crippen molar-refractivity contribution >= 4 is 21.6 Å². The van der Waals surface area contributed by atoms with Crippen LogP contribution in [0, 0.1) is 0 Å². The van der Waals surface area contributed by atoms with Crippen LogP contribution in [-0.4, -0.2) is 80.1 Å². The molecule has 0 aliphatic carbocycles. The molecule has 2 aromatic rings. The Hall–Kier alpha value is -1.95. The van der Waals surface area contributed by atoms with Gasteiger partial charge >= 0.3 is 5.63 Å². The van der Waals surface area contributed by atoms with Crippen molar-refractivity contribution in [1.29, 1.82) is 0 Å². The predicted molar refractivity (Wildman–Crippen MR) is 118 cm³/mol. The van der Waals surface area contributed by atoms with Crippen molar-refractivity contribution in [2.24, 2.45) is 0 Å². The van der Waals surface area contributed by atoms with Crippen molar-refractivity contribution in [3.8, 4) is 5.75 Å². The number of nitrogens with zero attached hydrogens (tertiary/aromatic N) is 3. The lowest BCUT2D eigenvalue weighted by Gasteiger charge is -2.34. The molecule has 2 aliphatic heterocycles. The van der Waals surface area contributed by atoms with Crippen LogP contribution in [0.15, 0.2) is 44.6 Å². The highest BCUT2D eigenvalue weighted by molar-refractivity contribution is 7.89. The van der Waals surface area contributed by atoms with E-state index in [-0.39, 0.29) is 35.8 Å². The zero-order valence-corrected chi connectivity index (χ0v) is 19.1. The number of hydrogen-bond acceptors (Lipinski definition) is 8. The fraction of sp³-hybridized carbons (Fsp3) is 0.476. The van der Waals surface area contributed by atoms with Crippen molar-refractivity contribution in [3.05, 3.63) is 57.1 Å². The van der Waals surface area contributed by atoms with Gasteiger partial charge in [-0.05, 0) is 24.3 Å². The Morgan fingerprint density at radius 2 is 1.56 bits per heavy atom. The molecule has 1 aromatic carbocycles. The molecule has 2 fully saturated rings. The van der Waals surface area contributed by atoms with E-state index < -0.39 is 15.6 Å². The Morgan fingerprint density at radius 3 is 2.22 bits per heavy atom. The Morgan fingerprint density at radius 1 is 0.938 bits per heavy atom. The number of piperazine rings is 1. The molecule has 0 bridgehead atoms. The summed E-state index contributed by atoms with van der Waals surface area (Å²) in [4.78, 5) is 16.6. The minimum atomic E-state index is -3.61. The lowest BCUT2D eigenvalue weighted by Crippen LogP contribution is -2.48. The minimum Gasteiger partial charge on any atom is -0.507 e. The Kier molecular flexibility index (Phi) is 7.18. The molecule has 2 aliphatic rings. The monoisotopic (exact) mass is 483 g/mol. The molecule has 0 amide bonds. The first-order chi connectivity index (χ1) is 15.3. The van der Waals surface area contributed by atoms with E-state index in [4.69, 9.17) is 20.8 Å².